The van der Waals surface area contributed by atoms with Gasteiger partial charge in [-0.1, -0.05) is 44.2 Å². The molecule has 4 amide bonds. The number of urea groups is 1. The number of hydrogen-bond acceptors (Lipinski definition) is 5. The van der Waals surface area contributed by atoms with Crippen molar-refractivity contribution in [3.8, 4) is 0 Å². The van der Waals surface area contributed by atoms with Gasteiger partial charge in [0.05, 0.1) is 0 Å². The lowest BCUT2D eigenvalue weighted by Gasteiger charge is -2.14. The van der Waals surface area contributed by atoms with Crippen LogP contribution in [0.15, 0.2) is 30.3 Å². The highest BCUT2D eigenvalue weighted by Gasteiger charge is 2.20. The van der Waals surface area contributed by atoms with E-state index >= 15 is 0 Å². The standard InChI is InChI=1S/C19H27N3O5/c1-13(2)9-10-16(23)20-12-17(24)27-14(3)18(25)22-19(26)21-11-15-7-5-4-6-8-15/h4-8,13-14H,9-12H2,1-3H3,(H,20,23)(H2,21,22,25,26). The Morgan fingerprint density at radius 2 is 1.67 bits per heavy atom. The zero-order valence-electron chi connectivity index (χ0n) is 15.9. The molecule has 0 aliphatic heterocycles. The minimum Gasteiger partial charge on any atom is -0.451 e. The summed E-state index contributed by atoms with van der Waals surface area (Å²) in [6.45, 7) is 5.28. The summed E-state index contributed by atoms with van der Waals surface area (Å²) in [5.41, 5.74) is 0.882. The van der Waals surface area contributed by atoms with Crippen molar-refractivity contribution < 1.29 is 23.9 Å². The number of amides is 4. The molecule has 8 heteroatoms. The van der Waals surface area contributed by atoms with E-state index in [2.05, 4.69) is 16.0 Å². The van der Waals surface area contributed by atoms with Crippen molar-refractivity contribution in [3.63, 3.8) is 0 Å². The van der Waals surface area contributed by atoms with Gasteiger partial charge in [-0.3, -0.25) is 19.7 Å². The Morgan fingerprint density at radius 3 is 2.30 bits per heavy atom. The molecule has 0 radical (unpaired) electrons. The monoisotopic (exact) mass is 377 g/mol. The molecule has 8 nitrogen and oxygen atoms in total. The van der Waals surface area contributed by atoms with Crippen LogP contribution < -0.4 is 16.0 Å². The molecule has 1 aromatic carbocycles. The van der Waals surface area contributed by atoms with Crippen LogP contribution in [0.3, 0.4) is 0 Å². The average molecular weight is 377 g/mol. The summed E-state index contributed by atoms with van der Waals surface area (Å²) in [4.78, 5) is 46.8. The molecule has 1 rings (SSSR count). The van der Waals surface area contributed by atoms with E-state index in [4.69, 9.17) is 4.74 Å². The lowest BCUT2D eigenvalue weighted by Crippen LogP contribution is -2.45. The molecule has 0 heterocycles. The summed E-state index contributed by atoms with van der Waals surface area (Å²) in [5.74, 6) is -1.36. The maximum absolute atomic E-state index is 11.9. The average Bonchev–Trinajstić information content (AvgIpc) is 2.63. The predicted molar refractivity (Wildman–Crippen MR) is 99.5 cm³/mol. The predicted octanol–water partition coefficient (Wildman–Crippen LogP) is 1.50. The number of carbonyl (C=O) groups is 4. The first-order valence-corrected chi connectivity index (χ1v) is 8.86. The van der Waals surface area contributed by atoms with Crippen LogP contribution in [0.5, 0.6) is 0 Å². The van der Waals surface area contributed by atoms with Gasteiger partial charge in [0.15, 0.2) is 6.10 Å². The molecule has 148 valence electrons. The number of hydrogen-bond donors (Lipinski definition) is 3. The molecule has 0 aliphatic rings. The fourth-order valence-electron chi connectivity index (χ4n) is 2.01. The van der Waals surface area contributed by atoms with Crippen LogP contribution >= 0.6 is 0 Å². The Kier molecular flexibility index (Phi) is 9.57. The first-order chi connectivity index (χ1) is 12.8. The first kappa shape index (κ1) is 22.1. The molecule has 0 saturated heterocycles. The second-order valence-corrected chi connectivity index (χ2v) is 6.50. The molecule has 0 saturated carbocycles. The molecule has 0 bridgehead atoms. The number of benzene rings is 1. The second kappa shape index (κ2) is 11.7. The molecule has 0 aromatic heterocycles. The number of rotatable bonds is 9. The largest absolute Gasteiger partial charge is 0.451 e. The quantitative estimate of drug-likeness (QED) is 0.564. The smallest absolute Gasteiger partial charge is 0.326 e. The van der Waals surface area contributed by atoms with Crippen molar-refractivity contribution in [2.45, 2.75) is 46.3 Å². The fourth-order valence-corrected chi connectivity index (χ4v) is 2.01. The van der Waals surface area contributed by atoms with Crippen LogP contribution in [-0.4, -0.2) is 36.5 Å². The van der Waals surface area contributed by atoms with Crippen LogP contribution in [0.4, 0.5) is 4.79 Å². The Hall–Kier alpha value is -2.90. The molecule has 0 fully saturated rings. The van der Waals surface area contributed by atoms with Crippen molar-refractivity contribution in [2.75, 3.05) is 6.54 Å². The topological polar surface area (TPSA) is 114 Å². The van der Waals surface area contributed by atoms with Crippen molar-refractivity contribution in [1.29, 1.82) is 0 Å². The van der Waals surface area contributed by atoms with Crippen LogP contribution in [0.25, 0.3) is 0 Å². The Morgan fingerprint density at radius 1 is 1.00 bits per heavy atom. The molecule has 3 N–H and O–H groups in total. The number of esters is 1. The van der Waals surface area contributed by atoms with Gasteiger partial charge in [0.1, 0.15) is 6.54 Å². The third-order valence-electron chi connectivity index (χ3n) is 3.59. The van der Waals surface area contributed by atoms with Crippen LogP contribution in [0.1, 0.15) is 39.2 Å². The van der Waals surface area contributed by atoms with Gasteiger partial charge in [-0.25, -0.2) is 4.79 Å². The molecule has 1 aromatic rings. The van der Waals surface area contributed by atoms with Gasteiger partial charge in [0.2, 0.25) is 5.91 Å². The number of carbonyl (C=O) groups excluding carboxylic acids is 4. The van der Waals surface area contributed by atoms with Crippen molar-refractivity contribution in [1.82, 2.24) is 16.0 Å². The van der Waals surface area contributed by atoms with Gasteiger partial charge in [-0.15, -0.1) is 0 Å². The highest BCUT2D eigenvalue weighted by atomic mass is 16.5. The molecular weight excluding hydrogens is 350 g/mol. The summed E-state index contributed by atoms with van der Waals surface area (Å²) < 4.78 is 4.91. The van der Waals surface area contributed by atoms with Crippen LogP contribution in [0, 0.1) is 5.92 Å². The Bertz CT molecular complexity index is 646. The van der Waals surface area contributed by atoms with Crippen molar-refractivity contribution in [3.05, 3.63) is 35.9 Å². The zero-order chi connectivity index (χ0) is 20.2. The molecular formula is C19H27N3O5. The zero-order valence-corrected chi connectivity index (χ0v) is 15.9. The van der Waals surface area contributed by atoms with E-state index in [1.807, 2.05) is 44.2 Å². The van der Waals surface area contributed by atoms with Gasteiger partial charge >= 0.3 is 12.0 Å². The fraction of sp³-hybridized carbons (Fsp3) is 0.474. The maximum Gasteiger partial charge on any atom is 0.326 e. The Balaban J connectivity index is 2.27. The summed E-state index contributed by atoms with van der Waals surface area (Å²) in [5, 5.41) is 7.07. The third kappa shape index (κ3) is 9.98. The third-order valence-corrected chi connectivity index (χ3v) is 3.59. The number of nitrogens with one attached hydrogen (secondary N) is 3. The highest BCUT2D eigenvalue weighted by molar-refractivity contribution is 5.97. The van der Waals surface area contributed by atoms with E-state index in [1.165, 1.54) is 6.92 Å². The summed E-state index contributed by atoms with van der Waals surface area (Å²) in [6, 6.07) is 8.51. The van der Waals surface area contributed by atoms with E-state index in [1.54, 1.807) is 0 Å². The number of imide groups is 1. The molecule has 27 heavy (non-hydrogen) atoms. The summed E-state index contributed by atoms with van der Waals surface area (Å²) >= 11 is 0. The van der Waals surface area contributed by atoms with Gasteiger partial charge in [-0.2, -0.15) is 0 Å². The minimum atomic E-state index is -1.16. The van der Waals surface area contributed by atoms with Gasteiger partial charge in [0, 0.05) is 13.0 Å². The van der Waals surface area contributed by atoms with E-state index in [0.717, 1.165) is 12.0 Å². The van der Waals surface area contributed by atoms with E-state index in [0.29, 0.717) is 12.3 Å². The second-order valence-electron chi connectivity index (χ2n) is 6.50. The van der Waals surface area contributed by atoms with E-state index in [9.17, 15) is 19.2 Å². The summed E-state index contributed by atoms with van der Waals surface area (Å²) in [6.07, 6.45) is -0.118. The van der Waals surface area contributed by atoms with Crippen molar-refractivity contribution in [2.24, 2.45) is 5.92 Å². The van der Waals surface area contributed by atoms with E-state index in [-0.39, 0.29) is 19.0 Å². The molecule has 0 aliphatic carbocycles. The Labute approximate surface area is 159 Å². The van der Waals surface area contributed by atoms with Gasteiger partial charge < -0.3 is 15.4 Å². The van der Waals surface area contributed by atoms with Crippen LogP contribution in [0.2, 0.25) is 0 Å². The SMILES string of the molecule is CC(C)CCC(=O)NCC(=O)OC(C)C(=O)NC(=O)NCc1ccccc1. The minimum absolute atomic E-state index is 0.252. The lowest BCUT2D eigenvalue weighted by atomic mass is 10.1. The highest BCUT2D eigenvalue weighted by Crippen LogP contribution is 2.02. The van der Waals surface area contributed by atoms with Gasteiger partial charge in [-0.05, 0) is 24.8 Å². The molecule has 0 spiro atoms. The molecule has 1 atom stereocenters. The maximum atomic E-state index is 11.9. The van der Waals surface area contributed by atoms with Gasteiger partial charge in [0.25, 0.3) is 5.91 Å². The van der Waals surface area contributed by atoms with Crippen molar-refractivity contribution >= 4 is 23.8 Å². The van der Waals surface area contributed by atoms with Crippen LogP contribution in [-0.2, 0) is 25.7 Å². The first-order valence-electron chi connectivity index (χ1n) is 8.86. The lowest BCUT2D eigenvalue weighted by molar-refractivity contribution is -0.154. The number of ether oxygens (including phenoxy) is 1. The molecule has 1 unspecified atom stereocenters. The normalized spacial score (nSPS) is 11.4. The summed E-state index contributed by atoms with van der Waals surface area (Å²) in [7, 11) is 0. The van der Waals surface area contributed by atoms with E-state index < -0.39 is 24.0 Å².